The first-order chi connectivity index (χ1) is 16.0. The molecule has 176 valence electrons. The van der Waals surface area contributed by atoms with Crippen LogP contribution < -0.4 is 16.4 Å². The molecule has 0 unspecified atom stereocenters. The molecule has 1 aliphatic heterocycles. The number of nitrogens with zero attached hydrogens (tertiary/aromatic N) is 2. The van der Waals surface area contributed by atoms with Gasteiger partial charge in [-0.2, -0.15) is 0 Å². The van der Waals surface area contributed by atoms with Crippen molar-refractivity contribution in [2.24, 2.45) is 5.73 Å². The largest absolute Gasteiger partial charge is 0.351 e. The maximum Gasteiger partial charge on any atom is 0.243 e. The van der Waals surface area contributed by atoms with E-state index in [9.17, 15) is 9.59 Å². The first-order valence-corrected chi connectivity index (χ1v) is 12.1. The number of piperidine rings is 1. The van der Waals surface area contributed by atoms with E-state index in [0.717, 1.165) is 56.6 Å². The van der Waals surface area contributed by atoms with E-state index < -0.39 is 11.6 Å². The molecule has 4 N–H and O–H groups in total. The second-order valence-corrected chi connectivity index (χ2v) is 9.46. The molecule has 7 heteroatoms. The van der Waals surface area contributed by atoms with Crippen molar-refractivity contribution in [3.8, 4) is 0 Å². The third-order valence-corrected chi connectivity index (χ3v) is 6.90. The quantitative estimate of drug-likeness (QED) is 0.573. The number of nitrogens with one attached hydrogen (secondary N) is 2. The van der Waals surface area contributed by atoms with Gasteiger partial charge in [-0.25, -0.2) is 0 Å². The van der Waals surface area contributed by atoms with Gasteiger partial charge in [0.1, 0.15) is 6.04 Å². The smallest absolute Gasteiger partial charge is 0.243 e. The molecule has 0 radical (unpaired) electrons. The van der Waals surface area contributed by atoms with Crippen molar-refractivity contribution in [2.75, 3.05) is 13.1 Å². The topological polar surface area (TPSA) is 100 Å². The van der Waals surface area contributed by atoms with Gasteiger partial charge in [-0.15, -0.1) is 0 Å². The summed E-state index contributed by atoms with van der Waals surface area (Å²) in [5.74, 6) is -0.335. The van der Waals surface area contributed by atoms with Gasteiger partial charge in [-0.1, -0.05) is 49.2 Å². The minimum Gasteiger partial charge on any atom is -0.351 e. The molecule has 1 aromatic heterocycles. The zero-order valence-electron chi connectivity index (χ0n) is 19.2. The molecule has 2 amide bonds. The molecule has 2 aliphatic rings. The van der Waals surface area contributed by atoms with Gasteiger partial charge in [-0.05, 0) is 43.4 Å². The summed E-state index contributed by atoms with van der Waals surface area (Å²) in [7, 11) is 0. The first-order valence-electron chi connectivity index (χ1n) is 12.1. The summed E-state index contributed by atoms with van der Waals surface area (Å²) in [6, 6.07) is 15.3. The van der Waals surface area contributed by atoms with Gasteiger partial charge in [-0.3, -0.25) is 19.5 Å². The lowest BCUT2D eigenvalue weighted by molar-refractivity contribution is -0.132. The van der Waals surface area contributed by atoms with E-state index in [1.54, 1.807) is 0 Å². The molecule has 1 atom stereocenters. The fraction of sp³-hybridized carbons (Fsp3) is 0.500. The lowest BCUT2D eigenvalue weighted by Crippen LogP contribution is -2.59. The van der Waals surface area contributed by atoms with Gasteiger partial charge in [0.25, 0.3) is 0 Å². The second kappa shape index (κ2) is 10.9. The van der Waals surface area contributed by atoms with Gasteiger partial charge in [0, 0.05) is 38.3 Å². The molecule has 2 aromatic rings. The third-order valence-electron chi connectivity index (χ3n) is 6.90. The van der Waals surface area contributed by atoms with Crippen LogP contribution >= 0.6 is 0 Å². The van der Waals surface area contributed by atoms with Gasteiger partial charge in [0.15, 0.2) is 0 Å². The monoisotopic (exact) mass is 449 g/mol. The highest BCUT2D eigenvalue weighted by Crippen LogP contribution is 2.27. The van der Waals surface area contributed by atoms with Gasteiger partial charge in [0.2, 0.25) is 11.8 Å². The predicted octanol–water partition coefficient (Wildman–Crippen LogP) is 2.16. The Morgan fingerprint density at radius 2 is 1.76 bits per heavy atom. The predicted molar refractivity (Wildman–Crippen MR) is 128 cm³/mol. The van der Waals surface area contributed by atoms with Crippen molar-refractivity contribution in [3.63, 3.8) is 0 Å². The minimum atomic E-state index is -0.855. The molecule has 1 saturated heterocycles. The molecular formula is C26H35N5O2. The molecule has 0 bridgehead atoms. The van der Waals surface area contributed by atoms with Gasteiger partial charge in [0.05, 0.1) is 11.2 Å². The standard InChI is InChI=1S/C26H35N5O2/c27-26(13-5-6-14-26)25(33)30-23(18-20-8-2-1-3-9-20)24(32)29-21-11-16-31(17-12-21)19-22-10-4-7-15-28-22/h1-4,7-10,15,21,23H,5-6,11-14,16-19,27H2,(H,29,32)(H,30,33)/t23-/m1/s1. The summed E-state index contributed by atoms with van der Waals surface area (Å²) < 4.78 is 0. The van der Waals surface area contributed by atoms with Crippen LogP contribution in [0.15, 0.2) is 54.7 Å². The third kappa shape index (κ3) is 6.39. The van der Waals surface area contributed by atoms with Crippen molar-refractivity contribution in [3.05, 3.63) is 66.0 Å². The van der Waals surface area contributed by atoms with Crippen LogP contribution in [0.1, 0.15) is 49.8 Å². The SMILES string of the molecule is NC1(C(=O)N[C@H](Cc2ccccc2)C(=O)NC2CCN(Cc3ccccn3)CC2)CCCC1. The van der Waals surface area contributed by atoms with Crippen LogP contribution in [0.3, 0.4) is 0 Å². The number of carbonyl (C=O) groups is 2. The van der Waals surface area contributed by atoms with Gasteiger partial charge < -0.3 is 16.4 Å². The maximum atomic E-state index is 13.3. The number of aromatic nitrogens is 1. The number of nitrogens with two attached hydrogens (primary N) is 1. The van der Waals surface area contributed by atoms with Crippen LogP contribution in [0.4, 0.5) is 0 Å². The Morgan fingerprint density at radius 1 is 1.06 bits per heavy atom. The summed E-state index contributed by atoms with van der Waals surface area (Å²) in [6.07, 6.45) is 7.29. The number of pyridine rings is 1. The number of likely N-dealkylation sites (tertiary alicyclic amines) is 1. The molecule has 33 heavy (non-hydrogen) atoms. The molecule has 1 aliphatic carbocycles. The summed E-state index contributed by atoms with van der Waals surface area (Å²) >= 11 is 0. The summed E-state index contributed by atoms with van der Waals surface area (Å²) in [6.45, 7) is 2.64. The second-order valence-electron chi connectivity index (χ2n) is 9.46. The number of rotatable bonds is 8. The van der Waals surface area contributed by atoms with E-state index in [-0.39, 0.29) is 17.9 Å². The van der Waals surface area contributed by atoms with Crippen LogP contribution in [0.25, 0.3) is 0 Å². The summed E-state index contributed by atoms with van der Waals surface area (Å²) in [5.41, 5.74) is 7.58. The maximum absolute atomic E-state index is 13.3. The Balaban J connectivity index is 1.34. The fourth-order valence-electron chi connectivity index (χ4n) is 4.85. The van der Waals surface area contributed by atoms with Crippen molar-refractivity contribution in [1.29, 1.82) is 0 Å². The van der Waals surface area contributed by atoms with E-state index in [1.165, 1.54) is 0 Å². The van der Waals surface area contributed by atoms with Crippen LogP contribution in [-0.4, -0.2) is 52.4 Å². The molecule has 0 spiro atoms. The van der Waals surface area contributed by atoms with E-state index >= 15 is 0 Å². The van der Waals surface area contributed by atoms with E-state index in [4.69, 9.17) is 5.73 Å². The molecule has 4 rings (SSSR count). The molecule has 1 saturated carbocycles. The summed E-state index contributed by atoms with van der Waals surface area (Å²) in [4.78, 5) is 33.0. The minimum absolute atomic E-state index is 0.103. The highest BCUT2D eigenvalue weighted by Gasteiger charge is 2.39. The Hall–Kier alpha value is -2.77. The van der Waals surface area contributed by atoms with E-state index in [2.05, 4.69) is 20.5 Å². The lowest BCUT2D eigenvalue weighted by Gasteiger charge is -2.33. The van der Waals surface area contributed by atoms with Gasteiger partial charge >= 0.3 is 0 Å². The van der Waals surface area contributed by atoms with Crippen molar-refractivity contribution in [2.45, 2.75) is 69.1 Å². The molecule has 1 aromatic carbocycles. The molecule has 2 heterocycles. The van der Waals surface area contributed by atoms with E-state index in [0.29, 0.717) is 19.3 Å². The zero-order valence-corrected chi connectivity index (χ0v) is 19.2. The number of hydrogen-bond donors (Lipinski definition) is 3. The Morgan fingerprint density at radius 3 is 2.42 bits per heavy atom. The number of benzene rings is 1. The summed E-state index contributed by atoms with van der Waals surface area (Å²) in [5, 5.41) is 6.18. The number of hydrogen-bond acceptors (Lipinski definition) is 5. The average Bonchev–Trinajstić information content (AvgIpc) is 3.29. The highest BCUT2D eigenvalue weighted by molar-refractivity contribution is 5.92. The Bertz CT molecular complexity index is 907. The fourth-order valence-corrected chi connectivity index (χ4v) is 4.85. The molecule has 7 nitrogen and oxygen atoms in total. The van der Waals surface area contributed by atoms with Crippen molar-refractivity contribution < 1.29 is 9.59 Å². The number of carbonyl (C=O) groups excluding carboxylic acids is 2. The van der Waals surface area contributed by atoms with Crippen molar-refractivity contribution >= 4 is 11.8 Å². The number of amides is 2. The van der Waals surface area contributed by atoms with Crippen molar-refractivity contribution in [1.82, 2.24) is 20.5 Å². The van der Waals surface area contributed by atoms with E-state index in [1.807, 2.05) is 54.7 Å². The van der Waals surface area contributed by atoms with Crippen LogP contribution in [0.5, 0.6) is 0 Å². The van der Waals surface area contributed by atoms with Crippen LogP contribution in [0, 0.1) is 0 Å². The Kier molecular flexibility index (Phi) is 7.73. The van der Waals surface area contributed by atoms with Crippen LogP contribution in [-0.2, 0) is 22.6 Å². The Labute approximate surface area is 196 Å². The highest BCUT2D eigenvalue weighted by atomic mass is 16.2. The van der Waals surface area contributed by atoms with Crippen LogP contribution in [0.2, 0.25) is 0 Å². The zero-order chi connectivity index (χ0) is 23.1. The normalized spacial score (nSPS) is 19.7. The molecule has 2 fully saturated rings. The first kappa shape index (κ1) is 23.4. The molecular weight excluding hydrogens is 414 g/mol. The lowest BCUT2D eigenvalue weighted by atomic mass is 9.96. The average molecular weight is 450 g/mol.